The second kappa shape index (κ2) is 11.4. The van der Waals surface area contributed by atoms with Crippen LogP contribution in [-0.4, -0.2) is 50.2 Å². The quantitative estimate of drug-likeness (QED) is 0.685. The van der Waals surface area contributed by atoms with Crippen LogP contribution in [0.2, 0.25) is 0 Å². The van der Waals surface area contributed by atoms with Crippen LogP contribution in [0.5, 0.6) is 0 Å². The topological polar surface area (TPSA) is 41.6 Å². The van der Waals surface area contributed by atoms with E-state index < -0.39 is 0 Å². The number of piperidine rings is 1. The molecule has 2 aliphatic heterocycles. The molecule has 2 aromatic carbocycles. The van der Waals surface area contributed by atoms with E-state index in [9.17, 15) is 4.79 Å². The molecule has 4 heteroatoms. The summed E-state index contributed by atoms with van der Waals surface area (Å²) >= 11 is 0. The van der Waals surface area contributed by atoms with Gasteiger partial charge in [-0.1, -0.05) is 60.7 Å². The molecule has 0 aliphatic carbocycles. The zero-order chi connectivity index (χ0) is 21.3. The predicted molar refractivity (Wildman–Crippen MR) is 125 cm³/mol. The van der Waals surface area contributed by atoms with E-state index in [1.54, 1.807) is 0 Å². The zero-order valence-electron chi connectivity index (χ0n) is 18.5. The Morgan fingerprint density at radius 3 is 2.06 bits per heavy atom. The average Bonchev–Trinajstić information content (AvgIpc) is 2.85. The van der Waals surface area contributed by atoms with Crippen molar-refractivity contribution in [1.29, 1.82) is 0 Å². The Kier molecular flexibility index (Phi) is 8.14. The molecule has 0 spiro atoms. The van der Waals surface area contributed by atoms with Gasteiger partial charge in [-0.15, -0.1) is 0 Å². The Balaban J connectivity index is 1.24. The molecule has 1 amide bonds. The number of amides is 1. The summed E-state index contributed by atoms with van der Waals surface area (Å²) in [7, 11) is 0. The highest BCUT2D eigenvalue weighted by Gasteiger charge is 2.26. The van der Waals surface area contributed by atoms with Gasteiger partial charge >= 0.3 is 0 Å². The van der Waals surface area contributed by atoms with Gasteiger partial charge < -0.3 is 15.0 Å². The van der Waals surface area contributed by atoms with Crippen LogP contribution in [0.1, 0.15) is 49.1 Å². The van der Waals surface area contributed by atoms with Gasteiger partial charge in [0.1, 0.15) is 0 Å². The lowest BCUT2D eigenvalue weighted by molar-refractivity contribution is -0.126. The van der Waals surface area contributed by atoms with Crippen molar-refractivity contribution in [3.05, 3.63) is 71.8 Å². The third-order valence-corrected chi connectivity index (χ3v) is 7.00. The fourth-order valence-electron chi connectivity index (χ4n) is 4.97. The summed E-state index contributed by atoms with van der Waals surface area (Å²) < 4.78 is 5.41. The van der Waals surface area contributed by atoms with Gasteiger partial charge in [-0.2, -0.15) is 0 Å². The molecule has 1 N–H and O–H groups in total. The zero-order valence-corrected chi connectivity index (χ0v) is 18.5. The van der Waals surface area contributed by atoms with Crippen molar-refractivity contribution in [1.82, 2.24) is 10.2 Å². The Morgan fingerprint density at radius 1 is 0.903 bits per heavy atom. The lowest BCUT2D eigenvalue weighted by Gasteiger charge is -2.33. The highest BCUT2D eigenvalue weighted by Crippen LogP contribution is 2.29. The highest BCUT2D eigenvalue weighted by molar-refractivity contribution is 5.78. The first-order chi connectivity index (χ1) is 15.3. The van der Waals surface area contributed by atoms with Gasteiger partial charge in [0, 0.05) is 31.6 Å². The number of ether oxygens (including phenoxy) is 1. The van der Waals surface area contributed by atoms with E-state index in [0.29, 0.717) is 11.8 Å². The molecule has 0 atom stereocenters. The van der Waals surface area contributed by atoms with Crippen molar-refractivity contribution in [2.45, 2.75) is 38.0 Å². The molecular formula is C27H36N2O2. The minimum Gasteiger partial charge on any atom is -0.381 e. The van der Waals surface area contributed by atoms with Gasteiger partial charge in [-0.3, -0.25) is 4.79 Å². The van der Waals surface area contributed by atoms with Crippen LogP contribution < -0.4 is 5.32 Å². The second-order valence-corrected chi connectivity index (χ2v) is 9.08. The normalized spacial score (nSPS) is 18.9. The smallest absolute Gasteiger partial charge is 0.223 e. The van der Waals surface area contributed by atoms with Crippen molar-refractivity contribution in [2.24, 2.45) is 11.8 Å². The van der Waals surface area contributed by atoms with Gasteiger partial charge in [0.2, 0.25) is 5.91 Å². The van der Waals surface area contributed by atoms with E-state index in [1.807, 2.05) is 0 Å². The molecule has 4 nitrogen and oxygen atoms in total. The Bertz CT molecular complexity index is 742. The first-order valence-corrected chi connectivity index (χ1v) is 12.0. The minimum atomic E-state index is 0.176. The van der Waals surface area contributed by atoms with Crippen LogP contribution in [0, 0.1) is 11.8 Å². The fourth-order valence-corrected chi connectivity index (χ4v) is 4.97. The molecule has 31 heavy (non-hydrogen) atoms. The molecule has 0 aromatic heterocycles. The molecule has 2 heterocycles. The van der Waals surface area contributed by atoms with E-state index in [2.05, 4.69) is 70.9 Å². The van der Waals surface area contributed by atoms with E-state index in [0.717, 1.165) is 71.5 Å². The summed E-state index contributed by atoms with van der Waals surface area (Å²) in [5, 5.41) is 3.22. The monoisotopic (exact) mass is 420 g/mol. The van der Waals surface area contributed by atoms with Crippen LogP contribution in [0.3, 0.4) is 0 Å². The number of carbonyl (C=O) groups is 1. The van der Waals surface area contributed by atoms with Crippen LogP contribution in [0.4, 0.5) is 0 Å². The Labute approximate surface area is 187 Å². The maximum absolute atomic E-state index is 12.6. The summed E-state index contributed by atoms with van der Waals surface area (Å²) in [5.74, 6) is 1.45. The number of benzene rings is 2. The van der Waals surface area contributed by atoms with Crippen molar-refractivity contribution in [2.75, 3.05) is 39.4 Å². The molecule has 2 aromatic rings. The van der Waals surface area contributed by atoms with Crippen molar-refractivity contribution >= 4 is 5.91 Å². The number of hydrogen-bond donors (Lipinski definition) is 1. The van der Waals surface area contributed by atoms with Gasteiger partial charge in [-0.05, 0) is 68.8 Å². The maximum atomic E-state index is 12.6. The Hall–Kier alpha value is -2.17. The lowest BCUT2D eigenvalue weighted by Crippen LogP contribution is -2.42. The second-order valence-electron chi connectivity index (χ2n) is 9.08. The van der Waals surface area contributed by atoms with E-state index in [4.69, 9.17) is 4.74 Å². The molecule has 2 saturated heterocycles. The number of hydrogen-bond acceptors (Lipinski definition) is 3. The van der Waals surface area contributed by atoms with E-state index in [1.165, 1.54) is 11.1 Å². The predicted octanol–water partition coefficient (Wildman–Crippen LogP) is 4.46. The molecule has 0 unspecified atom stereocenters. The molecular weight excluding hydrogens is 384 g/mol. The molecule has 2 aliphatic rings. The van der Waals surface area contributed by atoms with Crippen molar-refractivity contribution in [3.8, 4) is 0 Å². The van der Waals surface area contributed by atoms with E-state index >= 15 is 0 Å². The number of rotatable bonds is 8. The van der Waals surface area contributed by atoms with Crippen molar-refractivity contribution < 1.29 is 9.53 Å². The van der Waals surface area contributed by atoms with Gasteiger partial charge in [0.15, 0.2) is 0 Å². The van der Waals surface area contributed by atoms with Gasteiger partial charge in [0.05, 0.1) is 0 Å². The first-order valence-electron chi connectivity index (χ1n) is 12.0. The molecule has 166 valence electrons. The summed E-state index contributed by atoms with van der Waals surface area (Å²) in [6.45, 7) is 5.61. The third-order valence-electron chi connectivity index (χ3n) is 7.00. The number of nitrogens with one attached hydrogen (secondary N) is 1. The van der Waals surface area contributed by atoms with E-state index in [-0.39, 0.29) is 11.8 Å². The number of nitrogens with zero attached hydrogens (tertiary/aromatic N) is 1. The van der Waals surface area contributed by atoms with Crippen LogP contribution in [-0.2, 0) is 9.53 Å². The summed E-state index contributed by atoms with van der Waals surface area (Å²) in [4.78, 5) is 15.2. The molecule has 0 saturated carbocycles. The molecule has 4 rings (SSSR count). The standard InChI is InChI=1S/C27H36N2O2/c30-27(28-21-22-14-19-31-20-15-22)25-11-16-29(17-12-25)18-13-26(23-7-3-1-4-8-23)24-9-5-2-6-10-24/h1-10,22,25-26H,11-21H2,(H,28,30). The maximum Gasteiger partial charge on any atom is 0.223 e. The van der Waals surface area contributed by atoms with Gasteiger partial charge in [0.25, 0.3) is 0 Å². The van der Waals surface area contributed by atoms with Gasteiger partial charge in [-0.25, -0.2) is 0 Å². The van der Waals surface area contributed by atoms with Crippen molar-refractivity contribution in [3.63, 3.8) is 0 Å². The third kappa shape index (κ3) is 6.41. The lowest BCUT2D eigenvalue weighted by atomic mass is 9.88. The summed E-state index contributed by atoms with van der Waals surface area (Å²) in [5.41, 5.74) is 2.77. The first kappa shape index (κ1) is 22.0. The number of carbonyl (C=O) groups excluding carboxylic acids is 1. The molecule has 0 radical (unpaired) electrons. The molecule has 0 bridgehead atoms. The van der Waals surface area contributed by atoms with Crippen LogP contribution in [0.15, 0.2) is 60.7 Å². The Morgan fingerprint density at radius 2 is 1.48 bits per heavy atom. The minimum absolute atomic E-state index is 0.176. The fraction of sp³-hybridized carbons (Fsp3) is 0.519. The highest BCUT2D eigenvalue weighted by atomic mass is 16.5. The molecule has 2 fully saturated rings. The summed E-state index contributed by atoms with van der Waals surface area (Å²) in [6.07, 6.45) is 5.20. The van der Waals surface area contributed by atoms with Crippen LogP contribution >= 0.6 is 0 Å². The average molecular weight is 421 g/mol. The SMILES string of the molecule is O=C(NCC1CCOCC1)C1CCN(CCC(c2ccccc2)c2ccccc2)CC1. The largest absolute Gasteiger partial charge is 0.381 e. The summed E-state index contributed by atoms with van der Waals surface area (Å²) in [6, 6.07) is 21.7. The van der Waals surface area contributed by atoms with Crippen LogP contribution in [0.25, 0.3) is 0 Å². The number of likely N-dealkylation sites (tertiary alicyclic amines) is 1.